The topological polar surface area (TPSA) is 53.6 Å². The Kier molecular flexibility index (Phi) is 5.58. The summed E-state index contributed by atoms with van der Waals surface area (Å²) in [6, 6.07) is 12.1. The first-order chi connectivity index (χ1) is 13.7. The molecule has 2 heterocycles. The molecule has 5 nitrogen and oxygen atoms in total. The Morgan fingerprint density at radius 3 is 2.68 bits per heavy atom. The third-order valence-corrected chi connectivity index (χ3v) is 5.14. The zero-order valence-corrected chi connectivity index (χ0v) is 15.7. The van der Waals surface area contributed by atoms with E-state index in [0.29, 0.717) is 17.9 Å². The molecule has 0 saturated carbocycles. The summed E-state index contributed by atoms with van der Waals surface area (Å²) in [7, 11) is 0. The first kappa shape index (κ1) is 18.5. The van der Waals surface area contributed by atoms with E-state index in [1.165, 1.54) is 31.5 Å². The van der Waals surface area contributed by atoms with Crippen molar-refractivity contribution >= 4 is 22.9 Å². The number of piperidine rings is 1. The van der Waals surface area contributed by atoms with Gasteiger partial charge in [-0.2, -0.15) is 0 Å². The first-order valence-corrected chi connectivity index (χ1v) is 9.73. The Morgan fingerprint density at radius 1 is 1.11 bits per heavy atom. The predicted molar refractivity (Wildman–Crippen MR) is 109 cm³/mol. The van der Waals surface area contributed by atoms with Crippen molar-refractivity contribution in [1.82, 2.24) is 4.90 Å². The molecule has 2 aromatic carbocycles. The van der Waals surface area contributed by atoms with E-state index in [-0.39, 0.29) is 11.5 Å². The van der Waals surface area contributed by atoms with Gasteiger partial charge in [0.05, 0.1) is 11.3 Å². The minimum atomic E-state index is -0.415. The lowest BCUT2D eigenvalue weighted by Gasteiger charge is -2.26. The van der Waals surface area contributed by atoms with Gasteiger partial charge >= 0.3 is 0 Å². The molecule has 6 heteroatoms. The summed E-state index contributed by atoms with van der Waals surface area (Å²) in [4.78, 5) is 14.5. The Balaban J connectivity index is 1.34. The SMILES string of the molecule is O=C1Nc2cccc(F)c2/C1=C\Nc1ccc(OCCN2CCCCC2)cc1. The van der Waals surface area contributed by atoms with Crippen molar-refractivity contribution in [1.29, 1.82) is 0 Å². The van der Waals surface area contributed by atoms with Crippen molar-refractivity contribution in [2.24, 2.45) is 0 Å². The number of anilines is 2. The number of hydrogen-bond acceptors (Lipinski definition) is 4. The van der Waals surface area contributed by atoms with Gasteiger partial charge in [-0.1, -0.05) is 12.5 Å². The molecule has 4 rings (SSSR count). The molecule has 1 amide bonds. The number of ether oxygens (including phenoxy) is 1. The lowest BCUT2D eigenvalue weighted by Crippen LogP contribution is -2.33. The Labute approximate surface area is 164 Å². The van der Waals surface area contributed by atoms with Crippen LogP contribution in [0, 0.1) is 5.82 Å². The van der Waals surface area contributed by atoms with E-state index in [2.05, 4.69) is 15.5 Å². The standard InChI is InChI=1S/C22H24FN3O2/c23-19-5-4-6-20-21(19)18(22(27)25-20)15-24-16-7-9-17(10-8-16)28-14-13-26-11-2-1-3-12-26/h4-10,15,24H,1-3,11-14H2,(H,25,27)/b18-15+. The van der Waals surface area contributed by atoms with Gasteiger partial charge in [-0.05, 0) is 62.3 Å². The average Bonchev–Trinajstić information content (AvgIpc) is 3.04. The molecule has 0 radical (unpaired) electrons. The maximum Gasteiger partial charge on any atom is 0.257 e. The molecule has 1 fully saturated rings. The second-order valence-electron chi connectivity index (χ2n) is 7.09. The highest BCUT2D eigenvalue weighted by molar-refractivity contribution is 6.31. The smallest absolute Gasteiger partial charge is 0.257 e. The number of fused-ring (bicyclic) bond motifs is 1. The second-order valence-corrected chi connectivity index (χ2v) is 7.09. The Hall–Kier alpha value is -2.86. The number of amides is 1. The molecule has 2 N–H and O–H groups in total. The minimum absolute atomic E-state index is 0.287. The predicted octanol–water partition coefficient (Wildman–Crippen LogP) is 4.10. The van der Waals surface area contributed by atoms with Crippen LogP contribution >= 0.6 is 0 Å². The quantitative estimate of drug-likeness (QED) is 0.740. The minimum Gasteiger partial charge on any atom is -0.492 e. The molecule has 0 bridgehead atoms. The molecule has 0 aliphatic carbocycles. The summed E-state index contributed by atoms with van der Waals surface area (Å²) in [5.74, 6) is 0.0804. The van der Waals surface area contributed by atoms with E-state index in [1.54, 1.807) is 12.1 Å². The molecule has 0 aromatic heterocycles. The van der Waals surface area contributed by atoms with E-state index >= 15 is 0 Å². The Bertz CT molecular complexity index is 874. The summed E-state index contributed by atoms with van der Waals surface area (Å²) in [6.45, 7) is 3.95. The zero-order valence-electron chi connectivity index (χ0n) is 15.7. The monoisotopic (exact) mass is 381 g/mol. The normalized spacial score (nSPS) is 18.0. The van der Waals surface area contributed by atoms with Gasteiger partial charge in [0.25, 0.3) is 5.91 Å². The number of rotatable bonds is 6. The van der Waals surface area contributed by atoms with E-state index in [0.717, 1.165) is 31.1 Å². The number of nitrogens with one attached hydrogen (secondary N) is 2. The van der Waals surface area contributed by atoms with Crippen molar-refractivity contribution in [3.63, 3.8) is 0 Å². The fraction of sp³-hybridized carbons (Fsp3) is 0.318. The molecule has 146 valence electrons. The fourth-order valence-corrected chi connectivity index (χ4v) is 3.62. The van der Waals surface area contributed by atoms with Crippen LogP contribution in [-0.4, -0.2) is 37.0 Å². The van der Waals surface area contributed by atoms with Crippen LogP contribution in [0.5, 0.6) is 5.75 Å². The summed E-state index contributed by atoms with van der Waals surface area (Å²) in [5, 5.41) is 5.74. The molecule has 0 spiro atoms. The van der Waals surface area contributed by atoms with E-state index in [9.17, 15) is 9.18 Å². The molecule has 28 heavy (non-hydrogen) atoms. The fourth-order valence-electron chi connectivity index (χ4n) is 3.62. The van der Waals surface area contributed by atoms with Gasteiger partial charge in [0.1, 0.15) is 18.2 Å². The maximum atomic E-state index is 14.1. The van der Waals surface area contributed by atoms with Crippen molar-refractivity contribution in [3.05, 3.63) is 60.0 Å². The maximum absolute atomic E-state index is 14.1. The van der Waals surface area contributed by atoms with Crippen molar-refractivity contribution in [2.75, 3.05) is 36.9 Å². The van der Waals surface area contributed by atoms with Gasteiger partial charge in [-0.15, -0.1) is 0 Å². The molecular weight excluding hydrogens is 357 g/mol. The van der Waals surface area contributed by atoms with Crippen LogP contribution in [0.15, 0.2) is 48.7 Å². The number of halogens is 1. The van der Waals surface area contributed by atoms with Crippen LogP contribution < -0.4 is 15.4 Å². The van der Waals surface area contributed by atoms with Crippen molar-refractivity contribution in [3.8, 4) is 5.75 Å². The van der Waals surface area contributed by atoms with Crippen LogP contribution in [0.4, 0.5) is 15.8 Å². The third kappa shape index (κ3) is 4.17. The summed E-state index contributed by atoms with van der Waals surface area (Å²) in [5.41, 5.74) is 1.89. The summed E-state index contributed by atoms with van der Waals surface area (Å²) in [6.07, 6.45) is 5.43. The number of benzene rings is 2. The van der Waals surface area contributed by atoms with Gasteiger partial charge in [0.2, 0.25) is 0 Å². The molecule has 2 aliphatic heterocycles. The van der Waals surface area contributed by atoms with Crippen LogP contribution in [0.3, 0.4) is 0 Å². The van der Waals surface area contributed by atoms with Crippen LogP contribution in [0.1, 0.15) is 24.8 Å². The van der Waals surface area contributed by atoms with Crippen LogP contribution in [0.2, 0.25) is 0 Å². The number of hydrogen-bond donors (Lipinski definition) is 2. The summed E-state index contributed by atoms with van der Waals surface area (Å²) >= 11 is 0. The lowest BCUT2D eigenvalue weighted by molar-refractivity contribution is -0.110. The van der Waals surface area contributed by atoms with Crippen molar-refractivity contribution < 1.29 is 13.9 Å². The molecule has 2 aliphatic rings. The van der Waals surface area contributed by atoms with E-state index < -0.39 is 5.82 Å². The highest BCUT2D eigenvalue weighted by Gasteiger charge is 2.27. The molecule has 1 saturated heterocycles. The summed E-state index contributed by atoms with van der Waals surface area (Å²) < 4.78 is 19.9. The van der Waals surface area contributed by atoms with Crippen LogP contribution in [0.25, 0.3) is 5.57 Å². The number of carbonyl (C=O) groups is 1. The van der Waals surface area contributed by atoms with E-state index in [4.69, 9.17) is 4.74 Å². The zero-order chi connectivity index (χ0) is 19.3. The molecule has 2 aromatic rings. The highest BCUT2D eigenvalue weighted by atomic mass is 19.1. The largest absolute Gasteiger partial charge is 0.492 e. The number of likely N-dealkylation sites (tertiary alicyclic amines) is 1. The first-order valence-electron chi connectivity index (χ1n) is 9.73. The van der Waals surface area contributed by atoms with Gasteiger partial charge in [0, 0.05) is 24.0 Å². The molecular formula is C22H24FN3O2. The average molecular weight is 381 g/mol. The van der Waals surface area contributed by atoms with Gasteiger partial charge in [0.15, 0.2) is 0 Å². The Morgan fingerprint density at radius 2 is 1.89 bits per heavy atom. The highest BCUT2D eigenvalue weighted by Crippen LogP contribution is 2.33. The molecule has 0 atom stereocenters. The van der Waals surface area contributed by atoms with E-state index in [1.807, 2.05) is 24.3 Å². The lowest BCUT2D eigenvalue weighted by atomic mass is 10.1. The van der Waals surface area contributed by atoms with Gasteiger partial charge < -0.3 is 15.4 Å². The van der Waals surface area contributed by atoms with Gasteiger partial charge in [-0.3, -0.25) is 9.69 Å². The van der Waals surface area contributed by atoms with Gasteiger partial charge in [-0.25, -0.2) is 4.39 Å². The third-order valence-electron chi connectivity index (χ3n) is 5.14. The second kappa shape index (κ2) is 8.44. The number of carbonyl (C=O) groups excluding carboxylic acids is 1. The van der Waals surface area contributed by atoms with Crippen LogP contribution in [-0.2, 0) is 4.79 Å². The molecule has 0 unspecified atom stereocenters. The van der Waals surface area contributed by atoms with Crippen molar-refractivity contribution in [2.45, 2.75) is 19.3 Å². The number of nitrogens with zero attached hydrogens (tertiary/aromatic N) is 1.